The van der Waals surface area contributed by atoms with E-state index in [9.17, 15) is 4.79 Å². The number of hydrogen-bond acceptors (Lipinski definition) is 3. The van der Waals surface area contributed by atoms with Gasteiger partial charge in [0, 0.05) is 18.7 Å². The molecule has 0 fully saturated rings. The van der Waals surface area contributed by atoms with Gasteiger partial charge in [-0.25, -0.2) is 0 Å². The van der Waals surface area contributed by atoms with Crippen LogP contribution in [0.2, 0.25) is 0 Å². The summed E-state index contributed by atoms with van der Waals surface area (Å²) >= 11 is 3.35. The molecule has 5 heteroatoms. The molecule has 0 radical (unpaired) electrons. The van der Waals surface area contributed by atoms with Crippen molar-refractivity contribution in [2.75, 3.05) is 20.8 Å². The predicted octanol–water partition coefficient (Wildman–Crippen LogP) is 2.11. The van der Waals surface area contributed by atoms with Crippen molar-refractivity contribution in [3.8, 4) is 0 Å². The van der Waals surface area contributed by atoms with Gasteiger partial charge < -0.3 is 14.8 Å². The number of rotatable bonds is 5. The second-order valence-corrected chi connectivity index (χ2v) is 4.45. The average molecular weight is 302 g/mol. The van der Waals surface area contributed by atoms with Gasteiger partial charge in [0.1, 0.15) is 0 Å². The Balaban J connectivity index is 2.66. The Kier molecular flexibility index (Phi) is 5.61. The van der Waals surface area contributed by atoms with Crippen molar-refractivity contribution in [1.82, 2.24) is 5.32 Å². The molecule has 0 saturated heterocycles. The Bertz CT molecular complexity index is 391. The second kappa shape index (κ2) is 6.74. The maximum Gasteiger partial charge on any atom is 0.252 e. The number of carbonyl (C=O) groups is 1. The van der Waals surface area contributed by atoms with Crippen LogP contribution in [0.3, 0.4) is 0 Å². The minimum atomic E-state index is -0.428. The van der Waals surface area contributed by atoms with Gasteiger partial charge in [-0.05, 0) is 35.0 Å². The van der Waals surface area contributed by atoms with Gasteiger partial charge in [0.15, 0.2) is 6.29 Å². The molecule has 4 nitrogen and oxygen atoms in total. The molecule has 1 amide bonds. The lowest BCUT2D eigenvalue weighted by Crippen LogP contribution is -2.34. The first-order valence-corrected chi connectivity index (χ1v) is 5.97. The molecule has 1 aromatic carbocycles. The van der Waals surface area contributed by atoms with Crippen molar-refractivity contribution in [1.29, 1.82) is 0 Å². The van der Waals surface area contributed by atoms with Crippen molar-refractivity contribution in [3.63, 3.8) is 0 Å². The van der Waals surface area contributed by atoms with Crippen LogP contribution in [0.15, 0.2) is 22.7 Å². The number of halogens is 1. The van der Waals surface area contributed by atoms with Crippen molar-refractivity contribution < 1.29 is 14.3 Å². The topological polar surface area (TPSA) is 47.6 Å². The van der Waals surface area contributed by atoms with Crippen LogP contribution in [-0.2, 0) is 9.47 Å². The average Bonchev–Trinajstić information content (AvgIpc) is 2.33. The van der Waals surface area contributed by atoms with E-state index in [1.165, 1.54) is 14.2 Å². The molecular weight excluding hydrogens is 286 g/mol. The normalized spacial score (nSPS) is 10.6. The van der Waals surface area contributed by atoms with Crippen LogP contribution in [-0.4, -0.2) is 33.0 Å². The van der Waals surface area contributed by atoms with Gasteiger partial charge in [-0.3, -0.25) is 4.79 Å². The van der Waals surface area contributed by atoms with Crippen LogP contribution in [0.25, 0.3) is 0 Å². The molecule has 0 unspecified atom stereocenters. The number of ether oxygens (including phenoxy) is 2. The number of nitrogens with one attached hydrogen (secondary N) is 1. The molecule has 0 atom stereocenters. The lowest BCUT2D eigenvalue weighted by molar-refractivity contribution is -0.0974. The van der Waals surface area contributed by atoms with Gasteiger partial charge in [-0.1, -0.05) is 11.6 Å². The number of carbonyl (C=O) groups excluding carboxylic acids is 1. The van der Waals surface area contributed by atoms with Gasteiger partial charge in [0.25, 0.3) is 5.91 Å². The third-order valence-corrected chi connectivity index (χ3v) is 3.01. The third-order valence-electron chi connectivity index (χ3n) is 2.32. The van der Waals surface area contributed by atoms with Gasteiger partial charge in [0.2, 0.25) is 0 Å². The smallest absolute Gasteiger partial charge is 0.252 e. The highest BCUT2D eigenvalue weighted by Crippen LogP contribution is 2.17. The van der Waals surface area contributed by atoms with Crippen LogP contribution in [0.1, 0.15) is 15.9 Å². The molecular formula is C12H16BrNO3. The molecule has 0 bridgehead atoms. The minimum absolute atomic E-state index is 0.153. The molecule has 0 aliphatic heterocycles. The van der Waals surface area contributed by atoms with E-state index in [1.54, 1.807) is 0 Å². The Hall–Kier alpha value is -0.910. The highest BCUT2D eigenvalue weighted by Gasteiger charge is 2.12. The fourth-order valence-corrected chi connectivity index (χ4v) is 1.77. The Morgan fingerprint density at radius 1 is 1.41 bits per heavy atom. The van der Waals surface area contributed by atoms with E-state index in [-0.39, 0.29) is 5.91 Å². The molecule has 0 spiro atoms. The first kappa shape index (κ1) is 14.2. The number of aryl methyl sites for hydroxylation is 1. The first-order chi connectivity index (χ1) is 8.08. The summed E-state index contributed by atoms with van der Waals surface area (Å²) in [6.07, 6.45) is -0.428. The van der Waals surface area contributed by atoms with Crippen LogP contribution < -0.4 is 5.32 Å². The summed E-state index contributed by atoms with van der Waals surface area (Å²) in [5, 5.41) is 2.75. The Morgan fingerprint density at radius 2 is 2.06 bits per heavy atom. The fourth-order valence-electron chi connectivity index (χ4n) is 1.35. The van der Waals surface area contributed by atoms with E-state index in [2.05, 4.69) is 21.2 Å². The van der Waals surface area contributed by atoms with Crippen LogP contribution >= 0.6 is 15.9 Å². The standard InChI is InChI=1S/C12H16BrNO3/c1-8-4-5-10(13)9(6-8)12(15)14-7-11(16-2)17-3/h4-6,11H,7H2,1-3H3,(H,14,15). The van der Waals surface area contributed by atoms with Crippen molar-refractivity contribution >= 4 is 21.8 Å². The summed E-state index contributed by atoms with van der Waals surface area (Å²) in [5.74, 6) is -0.153. The SMILES string of the molecule is COC(CNC(=O)c1cc(C)ccc1Br)OC. The van der Waals surface area contributed by atoms with Crippen LogP contribution in [0.4, 0.5) is 0 Å². The maximum absolute atomic E-state index is 11.9. The molecule has 1 aromatic rings. The number of benzene rings is 1. The minimum Gasteiger partial charge on any atom is -0.354 e. The number of methoxy groups -OCH3 is 2. The Labute approximate surface area is 109 Å². The van der Waals surface area contributed by atoms with Crippen molar-refractivity contribution in [2.24, 2.45) is 0 Å². The summed E-state index contributed by atoms with van der Waals surface area (Å²) in [7, 11) is 3.06. The van der Waals surface area contributed by atoms with Crippen molar-refractivity contribution in [2.45, 2.75) is 13.2 Å². The second-order valence-electron chi connectivity index (χ2n) is 3.59. The summed E-state index contributed by atoms with van der Waals surface area (Å²) < 4.78 is 10.8. The maximum atomic E-state index is 11.9. The highest BCUT2D eigenvalue weighted by molar-refractivity contribution is 9.10. The molecule has 0 aromatic heterocycles. The monoisotopic (exact) mass is 301 g/mol. The summed E-state index contributed by atoms with van der Waals surface area (Å²) in [5.41, 5.74) is 1.64. The fraction of sp³-hybridized carbons (Fsp3) is 0.417. The lowest BCUT2D eigenvalue weighted by Gasteiger charge is -2.14. The zero-order chi connectivity index (χ0) is 12.8. The molecule has 0 saturated carbocycles. The highest BCUT2D eigenvalue weighted by atomic mass is 79.9. The van der Waals surface area contributed by atoms with Gasteiger partial charge in [-0.2, -0.15) is 0 Å². The number of amides is 1. The van der Waals surface area contributed by atoms with E-state index in [0.717, 1.165) is 10.0 Å². The van der Waals surface area contributed by atoms with E-state index in [4.69, 9.17) is 9.47 Å². The van der Waals surface area contributed by atoms with E-state index in [1.807, 2.05) is 25.1 Å². The third kappa shape index (κ3) is 4.11. The van der Waals surface area contributed by atoms with Gasteiger partial charge in [0.05, 0.1) is 12.1 Å². The summed E-state index contributed by atoms with van der Waals surface area (Å²) in [6.45, 7) is 2.25. The quantitative estimate of drug-likeness (QED) is 0.847. The van der Waals surface area contributed by atoms with E-state index in [0.29, 0.717) is 12.1 Å². The molecule has 17 heavy (non-hydrogen) atoms. The van der Waals surface area contributed by atoms with Gasteiger partial charge in [-0.15, -0.1) is 0 Å². The summed E-state index contributed by atoms with van der Waals surface area (Å²) in [4.78, 5) is 11.9. The molecule has 1 rings (SSSR count). The molecule has 94 valence electrons. The number of hydrogen-bond donors (Lipinski definition) is 1. The van der Waals surface area contributed by atoms with Gasteiger partial charge >= 0.3 is 0 Å². The molecule has 0 heterocycles. The molecule has 1 N–H and O–H groups in total. The zero-order valence-electron chi connectivity index (χ0n) is 10.1. The van der Waals surface area contributed by atoms with E-state index < -0.39 is 6.29 Å². The van der Waals surface area contributed by atoms with E-state index >= 15 is 0 Å². The summed E-state index contributed by atoms with van der Waals surface area (Å²) in [6, 6.07) is 5.62. The molecule has 0 aliphatic rings. The Morgan fingerprint density at radius 3 is 2.65 bits per heavy atom. The van der Waals surface area contributed by atoms with Crippen molar-refractivity contribution in [3.05, 3.63) is 33.8 Å². The van der Waals surface area contributed by atoms with Crippen LogP contribution in [0, 0.1) is 6.92 Å². The largest absolute Gasteiger partial charge is 0.354 e. The molecule has 0 aliphatic carbocycles. The lowest BCUT2D eigenvalue weighted by atomic mass is 10.1. The zero-order valence-corrected chi connectivity index (χ0v) is 11.7. The van der Waals surface area contributed by atoms with Crippen LogP contribution in [0.5, 0.6) is 0 Å². The predicted molar refractivity (Wildman–Crippen MR) is 69.0 cm³/mol. The first-order valence-electron chi connectivity index (χ1n) is 5.18.